The van der Waals surface area contributed by atoms with Gasteiger partial charge in [-0.2, -0.15) is 0 Å². The Morgan fingerprint density at radius 3 is 1.82 bits per heavy atom. The van der Waals surface area contributed by atoms with Crippen LogP contribution in [0.4, 0.5) is 17.1 Å². The van der Waals surface area contributed by atoms with Gasteiger partial charge in [0.15, 0.2) is 0 Å². The van der Waals surface area contributed by atoms with E-state index in [0.717, 1.165) is 0 Å². The molecule has 0 aliphatic heterocycles. The lowest BCUT2D eigenvalue weighted by Gasteiger charge is -2.34. The lowest BCUT2D eigenvalue weighted by atomic mass is 9.70. The monoisotopic (exact) mass is 771 g/mol. The van der Waals surface area contributed by atoms with Gasteiger partial charge >= 0.3 is 0 Å². The predicted molar refractivity (Wildman–Crippen MR) is 251 cm³/mol. The molecule has 0 amide bonds. The van der Waals surface area contributed by atoms with Gasteiger partial charge in [0, 0.05) is 17.1 Å². The van der Waals surface area contributed by atoms with Crippen molar-refractivity contribution in [3.63, 3.8) is 0 Å². The van der Waals surface area contributed by atoms with Crippen molar-refractivity contribution in [2.45, 2.75) is 69.1 Å². The standard InChI is InChI=1S/C59H49N/c1-3-17-41(18-4-1)48-24-11-14-32-57(48)60(44-35-33-43(34-36-44)47-27-15-22-40-21-7-8-23-46(40)47)45-37-38-52-56(39-45)59(53-29-12-9-25-50(53)51-26-10-13-30-54(51)59)55-31-16-28-49(58(52)55)42-19-5-2-6-20-42/h2,5-6,9-16,19-20,22,24-39,41H,1,3-4,7-8,17-18,21,23H2. The molecule has 0 N–H and O–H groups in total. The molecule has 0 atom stereocenters. The molecule has 0 saturated heterocycles. The van der Waals surface area contributed by atoms with Crippen LogP contribution in [0, 0.1) is 0 Å². The Hall–Kier alpha value is -6.44. The van der Waals surface area contributed by atoms with E-state index in [-0.39, 0.29) is 0 Å². The maximum atomic E-state index is 2.59. The molecule has 0 aromatic heterocycles. The number of hydrogen-bond acceptors (Lipinski definition) is 1. The number of nitrogens with zero attached hydrogens (tertiary/aromatic N) is 1. The summed E-state index contributed by atoms with van der Waals surface area (Å²) >= 11 is 0. The van der Waals surface area contributed by atoms with E-state index < -0.39 is 5.41 Å². The summed E-state index contributed by atoms with van der Waals surface area (Å²) < 4.78 is 0. The van der Waals surface area contributed by atoms with Crippen LogP contribution in [0.2, 0.25) is 0 Å². The smallest absolute Gasteiger partial charge is 0.0726 e. The molecule has 0 radical (unpaired) electrons. The molecule has 60 heavy (non-hydrogen) atoms. The van der Waals surface area contributed by atoms with Crippen LogP contribution in [-0.2, 0) is 18.3 Å². The van der Waals surface area contributed by atoms with Crippen molar-refractivity contribution in [1.29, 1.82) is 0 Å². The molecule has 1 spiro atoms. The summed E-state index contributed by atoms with van der Waals surface area (Å²) in [5.74, 6) is 0.555. The maximum Gasteiger partial charge on any atom is 0.0726 e. The van der Waals surface area contributed by atoms with Crippen molar-refractivity contribution in [2.75, 3.05) is 4.90 Å². The summed E-state index contributed by atoms with van der Waals surface area (Å²) in [5, 5.41) is 0. The van der Waals surface area contributed by atoms with Crippen LogP contribution >= 0.6 is 0 Å². The van der Waals surface area contributed by atoms with Gasteiger partial charge in [0.1, 0.15) is 0 Å². The minimum absolute atomic E-state index is 0.455. The maximum absolute atomic E-state index is 2.59. The van der Waals surface area contributed by atoms with Crippen LogP contribution in [0.25, 0.3) is 44.5 Å². The van der Waals surface area contributed by atoms with E-state index in [1.54, 1.807) is 5.56 Å². The van der Waals surface area contributed by atoms with Crippen molar-refractivity contribution < 1.29 is 0 Å². The Balaban J connectivity index is 1.10. The predicted octanol–water partition coefficient (Wildman–Crippen LogP) is 15.8. The van der Waals surface area contributed by atoms with Gasteiger partial charge in [0.25, 0.3) is 0 Å². The highest BCUT2D eigenvalue weighted by Gasteiger charge is 2.52. The zero-order valence-corrected chi connectivity index (χ0v) is 34.2. The van der Waals surface area contributed by atoms with Crippen molar-refractivity contribution in [2.24, 2.45) is 0 Å². The van der Waals surface area contributed by atoms with Gasteiger partial charge in [-0.25, -0.2) is 0 Å². The minimum Gasteiger partial charge on any atom is -0.310 e. The number of para-hydroxylation sites is 1. The molecule has 8 aromatic carbocycles. The van der Waals surface area contributed by atoms with Crippen molar-refractivity contribution >= 4 is 17.1 Å². The fraction of sp³-hybridized carbons (Fsp3) is 0.186. The zero-order valence-electron chi connectivity index (χ0n) is 34.2. The van der Waals surface area contributed by atoms with E-state index in [0.29, 0.717) is 5.92 Å². The van der Waals surface area contributed by atoms with E-state index >= 15 is 0 Å². The summed E-state index contributed by atoms with van der Waals surface area (Å²) in [6.45, 7) is 0. The molecule has 4 aliphatic carbocycles. The molecule has 1 nitrogen and oxygen atoms in total. The van der Waals surface area contributed by atoms with Crippen LogP contribution < -0.4 is 4.90 Å². The van der Waals surface area contributed by atoms with Crippen LogP contribution in [0.3, 0.4) is 0 Å². The molecule has 1 saturated carbocycles. The summed E-state index contributed by atoms with van der Waals surface area (Å²) in [5.41, 5.74) is 23.9. The molecule has 290 valence electrons. The number of rotatable bonds is 6. The first-order chi connectivity index (χ1) is 29.8. The highest BCUT2D eigenvalue weighted by Crippen LogP contribution is 2.64. The lowest BCUT2D eigenvalue weighted by molar-refractivity contribution is 0.444. The highest BCUT2D eigenvalue weighted by molar-refractivity contribution is 6.01. The topological polar surface area (TPSA) is 3.24 Å². The Morgan fingerprint density at radius 2 is 1.02 bits per heavy atom. The molecule has 0 bridgehead atoms. The van der Waals surface area contributed by atoms with Gasteiger partial charge in [0.05, 0.1) is 5.41 Å². The lowest BCUT2D eigenvalue weighted by Crippen LogP contribution is -2.26. The fourth-order valence-electron chi connectivity index (χ4n) is 11.9. The first-order valence-electron chi connectivity index (χ1n) is 22.4. The van der Waals surface area contributed by atoms with E-state index in [4.69, 9.17) is 0 Å². The van der Waals surface area contributed by atoms with Gasteiger partial charge in [-0.15, -0.1) is 0 Å². The molecular weight excluding hydrogens is 723 g/mol. The Labute approximate surface area is 355 Å². The highest BCUT2D eigenvalue weighted by atomic mass is 15.1. The second kappa shape index (κ2) is 14.4. The minimum atomic E-state index is -0.455. The van der Waals surface area contributed by atoms with Crippen LogP contribution in [0.15, 0.2) is 182 Å². The second-order valence-electron chi connectivity index (χ2n) is 17.6. The first-order valence-corrected chi connectivity index (χ1v) is 22.4. The average molecular weight is 772 g/mol. The fourth-order valence-corrected chi connectivity index (χ4v) is 11.9. The number of fused-ring (bicyclic) bond motifs is 11. The van der Waals surface area contributed by atoms with E-state index in [9.17, 15) is 0 Å². The molecule has 4 aliphatic rings. The number of aryl methyl sites for hydroxylation is 1. The largest absolute Gasteiger partial charge is 0.310 e. The second-order valence-corrected chi connectivity index (χ2v) is 17.6. The van der Waals surface area contributed by atoms with Gasteiger partial charge in [-0.1, -0.05) is 171 Å². The SMILES string of the molecule is c1ccc(-c2cccc3c2-c2ccc(N(c4ccc(-c5cccc6c5CCCC6)cc4)c4ccccc4C4CCCCC4)cc2C32c3ccccc3-c3ccccc32)cc1. The Kier molecular flexibility index (Phi) is 8.51. The molecule has 8 aromatic rings. The van der Waals surface area contributed by atoms with E-state index in [1.165, 1.54) is 153 Å². The van der Waals surface area contributed by atoms with E-state index in [1.807, 2.05) is 0 Å². The van der Waals surface area contributed by atoms with Crippen LogP contribution in [0.1, 0.15) is 89.8 Å². The number of hydrogen-bond donors (Lipinski definition) is 0. The summed E-state index contributed by atoms with van der Waals surface area (Å²) in [6, 6.07) is 69.7. The summed E-state index contributed by atoms with van der Waals surface area (Å²) in [4.78, 5) is 2.59. The Bertz CT molecular complexity index is 2870. The third kappa shape index (κ3) is 5.38. The molecule has 0 heterocycles. The van der Waals surface area contributed by atoms with Gasteiger partial charge in [-0.3, -0.25) is 0 Å². The van der Waals surface area contributed by atoms with Gasteiger partial charge in [-0.05, 0) is 158 Å². The molecule has 1 heteroatoms. The number of benzene rings is 8. The third-order valence-electron chi connectivity index (χ3n) is 14.5. The number of anilines is 3. The summed E-state index contributed by atoms with van der Waals surface area (Å²) in [7, 11) is 0. The first kappa shape index (κ1) is 35.5. The summed E-state index contributed by atoms with van der Waals surface area (Å²) in [6.07, 6.45) is 11.4. The van der Waals surface area contributed by atoms with Crippen molar-refractivity contribution in [3.8, 4) is 44.5 Å². The van der Waals surface area contributed by atoms with Crippen molar-refractivity contribution in [3.05, 3.63) is 221 Å². The quantitative estimate of drug-likeness (QED) is 0.163. The molecule has 0 unspecified atom stereocenters. The average Bonchev–Trinajstić information content (AvgIpc) is 3.80. The Morgan fingerprint density at radius 1 is 0.400 bits per heavy atom. The third-order valence-corrected chi connectivity index (χ3v) is 14.5. The van der Waals surface area contributed by atoms with Gasteiger partial charge in [0.2, 0.25) is 0 Å². The normalized spacial score (nSPS) is 15.8. The van der Waals surface area contributed by atoms with E-state index in [2.05, 4.69) is 187 Å². The van der Waals surface area contributed by atoms with Crippen molar-refractivity contribution in [1.82, 2.24) is 0 Å². The van der Waals surface area contributed by atoms with Gasteiger partial charge < -0.3 is 4.90 Å². The molecule has 1 fully saturated rings. The van der Waals surface area contributed by atoms with Crippen LogP contribution in [-0.4, -0.2) is 0 Å². The van der Waals surface area contributed by atoms with Crippen LogP contribution in [0.5, 0.6) is 0 Å². The molecule has 12 rings (SSSR count). The molecular formula is C59H49N. The zero-order chi connectivity index (χ0) is 39.6.